The molecule has 9 heteroatoms. The Morgan fingerprint density at radius 2 is 1.40 bits per heavy atom. The first-order chi connectivity index (χ1) is 25.0. The highest BCUT2D eigenvalue weighted by Crippen LogP contribution is 2.76. The van der Waals surface area contributed by atoms with Crippen molar-refractivity contribution in [1.82, 2.24) is 10.6 Å². The van der Waals surface area contributed by atoms with Crippen molar-refractivity contribution >= 4 is 29.5 Å². The van der Waals surface area contributed by atoms with E-state index in [2.05, 4.69) is 59.1 Å². The molecule has 0 aromatic carbocycles. The lowest BCUT2D eigenvalue weighted by Gasteiger charge is -2.72. The maximum Gasteiger partial charge on any atom is 0.309 e. The number of amides is 2. The van der Waals surface area contributed by atoms with Crippen LogP contribution in [0.25, 0.3) is 0 Å². The number of hydrogen-bond acceptors (Lipinski definition) is 6. The number of rotatable bonds is 7. The molecule has 0 heterocycles. The van der Waals surface area contributed by atoms with Gasteiger partial charge in [-0.1, -0.05) is 83.1 Å². The van der Waals surface area contributed by atoms with E-state index in [1.165, 1.54) is 5.57 Å². The highest BCUT2D eigenvalue weighted by atomic mass is 16.5. The Kier molecular flexibility index (Phi) is 9.83. The van der Waals surface area contributed by atoms with E-state index in [1.54, 1.807) is 13.8 Å². The van der Waals surface area contributed by atoms with E-state index in [1.807, 2.05) is 34.6 Å². The van der Waals surface area contributed by atoms with Crippen LogP contribution < -0.4 is 10.6 Å². The number of fused-ring (bicyclic) bond motifs is 7. The summed E-state index contributed by atoms with van der Waals surface area (Å²) in [5, 5.41) is 16.1. The quantitative estimate of drug-likeness (QED) is 0.221. The van der Waals surface area contributed by atoms with Crippen LogP contribution in [0.1, 0.15) is 161 Å². The van der Waals surface area contributed by atoms with E-state index >= 15 is 0 Å². The molecule has 6 rings (SSSR count). The van der Waals surface area contributed by atoms with E-state index in [9.17, 15) is 29.1 Å². The fraction of sp³-hybridized carbons (Fsp3) is 0.848. The zero-order chi connectivity index (χ0) is 41.3. The molecular weight excluding hydrogens is 693 g/mol. The van der Waals surface area contributed by atoms with Gasteiger partial charge in [0.1, 0.15) is 11.6 Å². The van der Waals surface area contributed by atoms with Gasteiger partial charge in [-0.3, -0.25) is 24.0 Å². The summed E-state index contributed by atoms with van der Waals surface area (Å²) in [6.45, 7) is 29.1. The Balaban J connectivity index is 1.27. The van der Waals surface area contributed by atoms with Crippen molar-refractivity contribution in [2.75, 3.05) is 0 Å². The number of carboxylic acid groups (broad SMARTS) is 1. The number of nitrogens with one attached hydrogen (secondary N) is 2. The predicted molar refractivity (Wildman–Crippen MR) is 212 cm³/mol. The van der Waals surface area contributed by atoms with E-state index < -0.39 is 39.7 Å². The molecule has 6 aliphatic rings. The Bertz CT molecular complexity index is 1700. The van der Waals surface area contributed by atoms with Gasteiger partial charge in [0.25, 0.3) is 0 Å². The molecule has 5 fully saturated rings. The van der Waals surface area contributed by atoms with Crippen LogP contribution in [0.15, 0.2) is 11.1 Å². The summed E-state index contributed by atoms with van der Waals surface area (Å²) in [5.41, 5.74) is -1.39. The molecule has 0 aromatic rings. The summed E-state index contributed by atoms with van der Waals surface area (Å²) in [6.07, 6.45) is 7.84. The molecule has 9 nitrogen and oxygen atoms in total. The van der Waals surface area contributed by atoms with Crippen LogP contribution in [0.5, 0.6) is 0 Å². The van der Waals surface area contributed by atoms with E-state index in [0.29, 0.717) is 24.7 Å². The van der Waals surface area contributed by atoms with Crippen LogP contribution >= 0.6 is 0 Å². The Morgan fingerprint density at radius 1 is 0.764 bits per heavy atom. The summed E-state index contributed by atoms with van der Waals surface area (Å²) in [6, 6.07) is 0. The summed E-state index contributed by atoms with van der Waals surface area (Å²) in [5.74, 6) is -1.29. The standard InChI is InChI=1S/C46H72N2O7/c1-25(2)33-29(49)24-46(48-38(54)42(10,11)47-37(53)39(3,4)5)22-21-44(13)26(34(33)46)15-16-31-43(12)19-18-32(41(8,9)30(43)17-20-45(31,44)14)55-36(52)28-23-27(35(50)51)40(28,6)7/h25-28,30-32H,15-24H2,1-14H3,(H,47,53)(H,48,54)(H,50,51)/t26?,27-,28+,30?,31?,32-,43-,44+,45+,46+/m0/s1. The van der Waals surface area contributed by atoms with Crippen molar-refractivity contribution < 1.29 is 33.8 Å². The third kappa shape index (κ3) is 6.07. The summed E-state index contributed by atoms with van der Waals surface area (Å²) in [4.78, 5) is 66.7. The van der Waals surface area contributed by atoms with Crippen molar-refractivity contribution in [1.29, 1.82) is 0 Å². The smallest absolute Gasteiger partial charge is 0.309 e. The molecule has 3 N–H and O–H groups in total. The van der Waals surface area contributed by atoms with Gasteiger partial charge in [0.05, 0.1) is 17.4 Å². The van der Waals surface area contributed by atoms with Crippen molar-refractivity contribution in [3.8, 4) is 0 Å². The zero-order valence-electron chi connectivity index (χ0n) is 36.5. The van der Waals surface area contributed by atoms with Gasteiger partial charge in [0.15, 0.2) is 5.78 Å². The fourth-order valence-electron chi connectivity index (χ4n) is 13.8. The lowest BCUT2D eigenvalue weighted by Crippen LogP contribution is -2.68. The van der Waals surface area contributed by atoms with E-state index in [0.717, 1.165) is 50.5 Å². The number of Topliss-reactive ketones (excluding diaryl/α,β-unsaturated/α-hetero) is 1. The van der Waals surface area contributed by atoms with Gasteiger partial charge in [-0.05, 0) is 128 Å². The van der Waals surface area contributed by atoms with Gasteiger partial charge in [0.2, 0.25) is 11.8 Å². The SMILES string of the molecule is CC(C)C1=C2C3CCC4[C@@]5(C)CC[C@H](OC(=O)[C@H]6C[C@@H](C(=O)O)C6(C)C)C(C)(C)C5CC[C@@]4(C)[C@]3(C)CC[C@@]2(NC(=O)C(C)(C)NC(=O)C(C)(C)C)CC1=O. The van der Waals surface area contributed by atoms with Crippen molar-refractivity contribution in [2.45, 2.75) is 178 Å². The number of allylic oxidation sites excluding steroid dienone is 1. The molecule has 0 radical (unpaired) electrons. The maximum atomic E-state index is 14.2. The first-order valence-corrected chi connectivity index (χ1v) is 21.4. The molecule has 5 saturated carbocycles. The monoisotopic (exact) mass is 765 g/mol. The Morgan fingerprint density at radius 3 is 1.96 bits per heavy atom. The summed E-state index contributed by atoms with van der Waals surface area (Å²) in [7, 11) is 0. The van der Waals surface area contributed by atoms with Crippen molar-refractivity contribution in [2.24, 2.45) is 68.0 Å². The second kappa shape index (κ2) is 12.9. The molecule has 6 aliphatic carbocycles. The van der Waals surface area contributed by atoms with Crippen LogP contribution in [0.3, 0.4) is 0 Å². The molecular formula is C46H72N2O7. The van der Waals surface area contributed by atoms with Gasteiger partial charge in [-0.25, -0.2) is 0 Å². The van der Waals surface area contributed by atoms with Crippen molar-refractivity contribution in [3.63, 3.8) is 0 Å². The molecule has 2 amide bonds. The Labute approximate surface area is 330 Å². The number of esters is 1. The molecule has 308 valence electrons. The first-order valence-electron chi connectivity index (χ1n) is 21.4. The number of carbonyl (C=O) groups is 5. The van der Waals surface area contributed by atoms with Crippen LogP contribution in [0, 0.1) is 68.0 Å². The Hall–Kier alpha value is -2.71. The third-order valence-corrected chi connectivity index (χ3v) is 17.5. The summed E-state index contributed by atoms with van der Waals surface area (Å²) >= 11 is 0. The largest absolute Gasteiger partial charge is 0.481 e. The number of carbonyl (C=O) groups excluding carboxylic acids is 4. The number of carboxylic acids is 1. The van der Waals surface area contributed by atoms with E-state index in [4.69, 9.17) is 4.74 Å². The minimum Gasteiger partial charge on any atom is -0.481 e. The van der Waals surface area contributed by atoms with Crippen molar-refractivity contribution in [3.05, 3.63) is 11.1 Å². The molecule has 0 saturated heterocycles. The lowest BCUT2D eigenvalue weighted by molar-refractivity contribution is -0.235. The molecule has 0 aromatic heterocycles. The highest BCUT2D eigenvalue weighted by Gasteiger charge is 2.71. The van der Waals surface area contributed by atoms with Crippen LogP contribution in [-0.2, 0) is 28.7 Å². The lowest BCUT2D eigenvalue weighted by atomic mass is 9.33. The minimum atomic E-state index is -1.15. The molecule has 55 heavy (non-hydrogen) atoms. The topological polar surface area (TPSA) is 139 Å². The second-order valence-electron chi connectivity index (χ2n) is 22.8. The van der Waals surface area contributed by atoms with Crippen LogP contribution in [-0.4, -0.2) is 51.8 Å². The first kappa shape index (κ1) is 41.9. The number of hydrogen-bond donors (Lipinski definition) is 3. The average Bonchev–Trinajstić information content (AvgIpc) is 3.33. The average molecular weight is 765 g/mol. The third-order valence-electron chi connectivity index (χ3n) is 17.5. The van der Waals surface area contributed by atoms with Gasteiger partial charge in [0, 0.05) is 17.3 Å². The van der Waals surface area contributed by atoms with Gasteiger partial charge >= 0.3 is 11.9 Å². The normalized spacial score (nSPS) is 40.5. The maximum absolute atomic E-state index is 14.2. The fourth-order valence-corrected chi connectivity index (χ4v) is 13.8. The molecule has 0 aliphatic heterocycles. The van der Waals surface area contributed by atoms with Gasteiger partial charge in [-0.15, -0.1) is 0 Å². The van der Waals surface area contributed by atoms with E-state index in [-0.39, 0.29) is 69.6 Å². The predicted octanol–water partition coefficient (Wildman–Crippen LogP) is 8.44. The minimum absolute atomic E-state index is 0.000587. The molecule has 0 bridgehead atoms. The second-order valence-corrected chi connectivity index (χ2v) is 22.8. The highest BCUT2D eigenvalue weighted by molar-refractivity contribution is 6.03. The van der Waals surface area contributed by atoms with Gasteiger partial charge in [-0.2, -0.15) is 0 Å². The number of ketones is 1. The molecule has 10 atom stereocenters. The number of aliphatic carboxylic acids is 1. The number of ether oxygens (including phenoxy) is 1. The molecule has 0 spiro atoms. The molecule has 3 unspecified atom stereocenters. The van der Waals surface area contributed by atoms with Crippen LogP contribution in [0.4, 0.5) is 0 Å². The van der Waals surface area contributed by atoms with Gasteiger partial charge < -0.3 is 20.5 Å². The summed E-state index contributed by atoms with van der Waals surface area (Å²) < 4.78 is 6.40. The van der Waals surface area contributed by atoms with Crippen LogP contribution in [0.2, 0.25) is 0 Å². The zero-order valence-corrected chi connectivity index (χ0v) is 36.5.